The van der Waals surface area contributed by atoms with Gasteiger partial charge in [0.2, 0.25) is 0 Å². The van der Waals surface area contributed by atoms with E-state index in [9.17, 15) is 37.8 Å². The molecule has 0 saturated carbocycles. The molecule has 0 aliphatic carbocycles. The minimum atomic E-state index is -4.12. The van der Waals surface area contributed by atoms with Crippen LogP contribution in [0.2, 0.25) is 0 Å². The molecule has 13 heteroatoms. The van der Waals surface area contributed by atoms with E-state index in [2.05, 4.69) is 6.92 Å². The zero-order valence-electron chi connectivity index (χ0n) is 8.86. The molecule has 0 heterocycles. The molecule has 0 atom stereocenters. The van der Waals surface area contributed by atoms with Gasteiger partial charge in [-0.25, -0.2) is 0 Å². The first kappa shape index (κ1) is 31.6. The zero-order valence-corrected chi connectivity index (χ0v) is 13.2. The third-order valence-electron chi connectivity index (χ3n) is 0.493. The normalized spacial score (nSPS) is 8.67. The summed E-state index contributed by atoms with van der Waals surface area (Å²) in [4.78, 5) is 0. The Hall–Kier alpha value is 1.28. The first-order valence-corrected chi connectivity index (χ1v) is 6.28. The largest absolute Gasteiger partial charge is 0.456 e. The maximum atomic E-state index is 9.73. The fourth-order valence-corrected chi connectivity index (χ4v) is 0. The van der Waals surface area contributed by atoms with Crippen molar-refractivity contribution in [1.29, 1.82) is 0 Å². The topological polar surface area (TPSA) is 0 Å². The number of hydrogen-bond acceptors (Lipinski definition) is 0. The second-order valence-electron chi connectivity index (χ2n) is 1.71. The van der Waals surface area contributed by atoms with E-state index in [-0.39, 0.29) is 19.5 Å². The van der Waals surface area contributed by atoms with E-state index in [4.69, 9.17) is 0 Å². The minimum absolute atomic E-state index is 0. The molecule has 0 amide bonds. The van der Waals surface area contributed by atoms with E-state index < -0.39 is 26.6 Å². The number of halogens is 9. The van der Waals surface area contributed by atoms with Gasteiger partial charge >= 0.3 is 26.6 Å². The van der Waals surface area contributed by atoms with Gasteiger partial charge in [-0.15, -0.1) is 0 Å². The van der Waals surface area contributed by atoms with Gasteiger partial charge in [0, 0.05) is 19.5 Å². The fourth-order valence-electron chi connectivity index (χ4n) is 0. The van der Waals surface area contributed by atoms with Crippen LogP contribution in [0.4, 0.5) is 37.8 Å². The van der Waals surface area contributed by atoms with Crippen molar-refractivity contribution in [3.63, 3.8) is 0 Å². The second-order valence-corrected chi connectivity index (χ2v) is 2.86. The van der Waals surface area contributed by atoms with Crippen LogP contribution in [0.3, 0.4) is 0 Å². The van der Waals surface area contributed by atoms with E-state index >= 15 is 0 Å². The van der Waals surface area contributed by atoms with E-state index in [0.29, 0.717) is 0 Å². The van der Waals surface area contributed by atoms with Crippen LogP contribution in [-0.2, 0) is 19.5 Å². The molecule has 0 bridgehead atoms. The Morgan fingerprint density at radius 1 is 0.778 bits per heavy atom. The SMILES string of the molecule is FP(F)F.FP(F)F.FP(F)F.[CH2][C](C)[CH]C.[Rh]. The van der Waals surface area contributed by atoms with Crippen LogP contribution < -0.4 is 0 Å². The van der Waals surface area contributed by atoms with E-state index in [1.54, 1.807) is 0 Å². The summed E-state index contributed by atoms with van der Waals surface area (Å²) in [6, 6.07) is 0. The van der Waals surface area contributed by atoms with Crippen molar-refractivity contribution in [3.8, 4) is 0 Å². The molecule has 116 valence electrons. The Balaban J connectivity index is -0.0000000412. The quantitative estimate of drug-likeness (QED) is 0.222. The monoisotopic (exact) mass is 436 g/mol. The smallest absolute Gasteiger partial charge is 0.152 e. The first-order chi connectivity index (χ1) is 7.47. The summed E-state index contributed by atoms with van der Waals surface area (Å²) in [5.41, 5.74) is 0. The second kappa shape index (κ2) is 26.8. The summed E-state index contributed by atoms with van der Waals surface area (Å²) >= 11 is 0. The average Bonchev–Trinajstić information content (AvgIpc) is 2.00. The van der Waals surface area contributed by atoms with Gasteiger partial charge in [0.25, 0.3) is 0 Å². The van der Waals surface area contributed by atoms with Crippen LogP contribution in [0.15, 0.2) is 0 Å². The molecule has 0 spiro atoms. The van der Waals surface area contributed by atoms with Crippen molar-refractivity contribution in [2.24, 2.45) is 0 Å². The number of rotatable bonds is 1. The number of hydrogen-bond donors (Lipinski definition) is 0. The van der Waals surface area contributed by atoms with Crippen LogP contribution in [0, 0.1) is 19.3 Å². The molecule has 0 fully saturated rings. The van der Waals surface area contributed by atoms with Gasteiger partial charge in [0.05, 0.1) is 0 Å². The Kier molecular flexibility index (Phi) is 47.0. The van der Waals surface area contributed by atoms with Gasteiger partial charge in [-0.2, -0.15) is 37.8 Å². The van der Waals surface area contributed by atoms with Crippen molar-refractivity contribution in [2.75, 3.05) is 0 Å². The van der Waals surface area contributed by atoms with E-state index in [1.807, 2.05) is 20.3 Å². The van der Waals surface area contributed by atoms with Gasteiger partial charge in [0.1, 0.15) is 0 Å². The summed E-state index contributed by atoms with van der Waals surface area (Å²) in [5.74, 6) is 1.13. The third-order valence-corrected chi connectivity index (χ3v) is 0.493. The molecule has 0 unspecified atom stereocenters. The van der Waals surface area contributed by atoms with Crippen LogP contribution >= 0.6 is 26.6 Å². The Morgan fingerprint density at radius 3 is 0.833 bits per heavy atom. The molecule has 0 aliphatic heterocycles. The Bertz CT molecular complexity index is 95.8. The van der Waals surface area contributed by atoms with Crippen molar-refractivity contribution in [2.45, 2.75) is 13.8 Å². The van der Waals surface area contributed by atoms with Crippen LogP contribution in [-0.4, -0.2) is 0 Å². The molecular weight excluding hydrogens is 427 g/mol. The molecule has 0 N–H and O–H groups in total. The molecule has 0 aliphatic rings. The van der Waals surface area contributed by atoms with E-state index in [1.165, 1.54) is 0 Å². The van der Waals surface area contributed by atoms with Crippen molar-refractivity contribution < 1.29 is 57.3 Å². The van der Waals surface area contributed by atoms with Crippen LogP contribution in [0.1, 0.15) is 13.8 Å². The molecule has 0 saturated heterocycles. The average molecular weight is 436 g/mol. The van der Waals surface area contributed by atoms with Gasteiger partial charge in [-0.05, 0) is 19.3 Å². The maximum Gasteiger partial charge on any atom is 0.456 e. The van der Waals surface area contributed by atoms with Crippen LogP contribution in [0.25, 0.3) is 0 Å². The molecule has 0 aromatic rings. The van der Waals surface area contributed by atoms with Gasteiger partial charge in [0.15, 0.2) is 0 Å². The standard InChI is InChI=1S/C5H9.3F3P.Rh/c1-4-5(2)3;3*1-4(2)3;/h4H,2H2,1,3H3;;;;. The molecule has 0 rings (SSSR count). The predicted octanol–water partition coefficient (Wildman–Crippen LogP) is 8.00. The Morgan fingerprint density at radius 2 is 0.833 bits per heavy atom. The molecule has 4 radical (unpaired) electrons. The first-order valence-electron chi connectivity index (χ1n) is 3.24. The fraction of sp³-hybridized carbons (Fsp3) is 0.400. The van der Waals surface area contributed by atoms with Crippen molar-refractivity contribution in [3.05, 3.63) is 19.3 Å². The molecular formula is C5H9F9P3Rh. The minimum Gasteiger partial charge on any atom is -0.152 e. The molecule has 0 nitrogen and oxygen atoms in total. The van der Waals surface area contributed by atoms with Crippen LogP contribution in [0.5, 0.6) is 0 Å². The maximum absolute atomic E-state index is 9.73. The van der Waals surface area contributed by atoms with Gasteiger partial charge in [-0.3, -0.25) is 0 Å². The summed E-state index contributed by atoms with van der Waals surface area (Å²) in [5, 5.41) is 0. The molecule has 0 aromatic carbocycles. The van der Waals surface area contributed by atoms with E-state index in [0.717, 1.165) is 5.92 Å². The zero-order chi connectivity index (χ0) is 15.0. The summed E-state index contributed by atoms with van der Waals surface area (Å²) < 4.78 is 87.6. The molecule has 0 aromatic heterocycles. The van der Waals surface area contributed by atoms with Crippen molar-refractivity contribution >= 4 is 26.6 Å². The Labute approximate surface area is 117 Å². The molecule has 18 heavy (non-hydrogen) atoms. The third kappa shape index (κ3) is 425. The van der Waals surface area contributed by atoms with Gasteiger partial charge in [-0.1, -0.05) is 13.8 Å². The predicted molar refractivity (Wildman–Crippen MR) is 55.0 cm³/mol. The summed E-state index contributed by atoms with van der Waals surface area (Å²) in [6.45, 7) is 7.56. The summed E-state index contributed by atoms with van der Waals surface area (Å²) in [6.07, 6.45) is 1.97. The van der Waals surface area contributed by atoms with Gasteiger partial charge < -0.3 is 0 Å². The summed E-state index contributed by atoms with van der Waals surface area (Å²) in [7, 11) is -12.4. The van der Waals surface area contributed by atoms with Crippen molar-refractivity contribution in [1.82, 2.24) is 0 Å².